The van der Waals surface area contributed by atoms with Crippen molar-refractivity contribution in [3.63, 3.8) is 0 Å². The number of hydrogen-bond donors (Lipinski definition) is 1. The molecule has 156 valence electrons. The summed E-state index contributed by atoms with van der Waals surface area (Å²) in [5, 5.41) is 2.97. The molecule has 0 aromatic heterocycles. The predicted octanol–water partition coefficient (Wildman–Crippen LogP) is 6.26. The van der Waals surface area contributed by atoms with Crippen LogP contribution in [0.5, 0.6) is 11.5 Å². The molecule has 0 aliphatic rings. The summed E-state index contributed by atoms with van der Waals surface area (Å²) in [6, 6.07) is 23.1. The molecule has 1 N–H and O–H groups in total. The molecule has 3 aromatic carbocycles. The lowest BCUT2D eigenvalue weighted by atomic mass is 10.1. The molecule has 0 heterocycles. The quantitative estimate of drug-likeness (QED) is 0.435. The van der Waals surface area contributed by atoms with Crippen LogP contribution in [0.1, 0.15) is 48.2 Å². The van der Waals surface area contributed by atoms with Crippen molar-refractivity contribution < 1.29 is 14.3 Å². The molecule has 30 heavy (non-hydrogen) atoms. The van der Waals surface area contributed by atoms with Crippen LogP contribution in [0.3, 0.4) is 0 Å². The van der Waals surface area contributed by atoms with Crippen LogP contribution in [0, 0.1) is 0 Å². The summed E-state index contributed by atoms with van der Waals surface area (Å²) in [6.45, 7) is 5.00. The summed E-state index contributed by atoms with van der Waals surface area (Å²) in [5.74, 6) is 1.35. The highest BCUT2D eigenvalue weighted by atomic mass is 16.5. The van der Waals surface area contributed by atoms with Gasteiger partial charge in [0.05, 0.1) is 6.61 Å². The smallest absolute Gasteiger partial charge is 0.255 e. The molecule has 0 aliphatic carbocycles. The molecule has 4 nitrogen and oxygen atoms in total. The van der Waals surface area contributed by atoms with Crippen molar-refractivity contribution in [2.24, 2.45) is 0 Å². The van der Waals surface area contributed by atoms with E-state index < -0.39 is 0 Å². The van der Waals surface area contributed by atoms with Gasteiger partial charge in [0, 0.05) is 16.8 Å². The van der Waals surface area contributed by atoms with Gasteiger partial charge in [-0.25, -0.2) is 0 Å². The van der Waals surface area contributed by atoms with Crippen molar-refractivity contribution in [3.8, 4) is 11.5 Å². The molecule has 4 heteroatoms. The Hall–Kier alpha value is -3.27. The summed E-state index contributed by atoms with van der Waals surface area (Å²) >= 11 is 0. The Labute approximate surface area is 178 Å². The van der Waals surface area contributed by atoms with Gasteiger partial charge in [-0.05, 0) is 67.8 Å². The molecule has 3 rings (SSSR count). The lowest BCUT2D eigenvalue weighted by molar-refractivity contribution is 0.102. The van der Waals surface area contributed by atoms with Gasteiger partial charge in [0.25, 0.3) is 5.91 Å². The summed E-state index contributed by atoms with van der Waals surface area (Å²) in [6.07, 6.45) is 3.41. The zero-order valence-electron chi connectivity index (χ0n) is 17.7. The SMILES string of the molecule is CCCCc1ccc(NC(=O)c2ccc(OCC)c(COc3ccccc3)c2)cc1. The second kappa shape index (κ2) is 11.1. The van der Waals surface area contributed by atoms with Gasteiger partial charge in [-0.15, -0.1) is 0 Å². The third-order valence-corrected chi connectivity index (χ3v) is 4.79. The number of benzene rings is 3. The average Bonchev–Trinajstić information content (AvgIpc) is 2.78. The summed E-state index contributed by atoms with van der Waals surface area (Å²) in [7, 11) is 0. The zero-order valence-corrected chi connectivity index (χ0v) is 17.7. The molecule has 0 saturated carbocycles. The molecule has 0 spiro atoms. The van der Waals surface area contributed by atoms with Gasteiger partial charge in [0.1, 0.15) is 18.1 Å². The van der Waals surface area contributed by atoms with E-state index >= 15 is 0 Å². The minimum Gasteiger partial charge on any atom is -0.493 e. The molecule has 0 unspecified atom stereocenters. The minimum absolute atomic E-state index is 0.152. The van der Waals surface area contributed by atoms with Gasteiger partial charge in [0.2, 0.25) is 0 Å². The lowest BCUT2D eigenvalue weighted by Crippen LogP contribution is -2.13. The molecule has 0 fully saturated rings. The standard InChI is InChI=1S/C26H29NO3/c1-3-5-9-20-12-15-23(16-13-20)27-26(28)21-14-17-25(29-4-2)22(18-21)19-30-24-10-7-6-8-11-24/h6-8,10-18H,3-5,9,19H2,1-2H3,(H,27,28). The van der Waals surface area contributed by atoms with Gasteiger partial charge in [-0.3, -0.25) is 4.79 Å². The van der Waals surface area contributed by atoms with E-state index in [1.54, 1.807) is 6.07 Å². The van der Waals surface area contributed by atoms with Crippen LogP contribution in [0.15, 0.2) is 72.8 Å². The fourth-order valence-corrected chi connectivity index (χ4v) is 3.15. The highest BCUT2D eigenvalue weighted by Gasteiger charge is 2.12. The second-order valence-corrected chi connectivity index (χ2v) is 7.11. The van der Waals surface area contributed by atoms with Crippen LogP contribution in [0.2, 0.25) is 0 Å². The van der Waals surface area contributed by atoms with Gasteiger partial charge in [-0.1, -0.05) is 43.7 Å². The van der Waals surface area contributed by atoms with E-state index in [4.69, 9.17) is 9.47 Å². The van der Waals surface area contributed by atoms with E-state index in [1.807, 2.05) is 61.5 Å². The van der Waals surface area contributed by atoms with E-state index in [0.29, 0.717) is 18.8 Å². The summed E-state index contributed by atoms with van der Waals surface area (Å²) in [5.41, 5.74) is 3.48. The molecule has 0 bridgehead atoms. The Morgan fingerprint density at radius 3 is 2.37 bits per heavy atom. The van der Waals surface area contributed by atoms with E-state index in [2.05, 4.69) is 24.4 Å². The Bertz CT molecular complexity index is 936. The first-order valence-electron chi connectivity index (χ1n) is 10.5. The van der Waals surface area contributed by atoms with Gasteiger partial charge < -0.3 is 14.8 Å². The first-order valence-corrected chi connectivity index (χ1v) is 10.5. The maximum absolute atomic E-state index is 12.8. The van der Waals surface area contributed by atoms with E-state index in [9.17, 15) is 4.79 Å². The number of nitrogens with one attached hydrogen (secondary N) is 1. The van der Waals surface area contributed by atoms with Crippen LogP contribution >= 0.6 is 0 Å². The highest BCUT2D eigenvalue weighted by Crippen LogP contribution is 2.23. The van der Waals surface area contributed by atoms with Crippen molar-refractivity contribution in [1.29, 1.82) is 0 Å². The monoisotopic (exact) mass is 403 g/mol. The first-order chi connectivity index (χ1) is 14.7. The molecule has 0 atom stereocenters. The number of anilines is 1. The number of aryl methyl sites for hydroxylation is 1. The largest absolute Gasteiger partial charge is 0.493 e. The fraction of sp³-hybridized carbons (Fsp3) is 0.269. The Morgan fingerprint density at radius 1 is 0.900 bits per heavy atom. The van der Waals surface area contributed by atoms with E-state index in [0.717, 1.165) is 29.2 Å². The normalized spacial score (nSPS) is 10.5. The third-order valence-electron chi connectivity index (χ3n) is 4.79. The minimum atomic E-state index is -0.152. The number of amides is 1. The maximum atomic E-state index is 12.8. The average molecular weight is 404 g/mol. The summed E-state index contributed by atoms with van der Waals surface area (Å²) < 4.78 is 11.6. The van der Waals surface area contributed by atoms with Gasteiger partial charge in [0.15, 0.2) is 0 Å². The zero-order chi connectivity index (χ0) is 21.2. The highest BCUT2D eigenvalue weighted by molar-refractivity contribution is 6.04. The van der Waals surface area contributed by atoms with Gasteiger partial charge in [-0.2, -0.15) is 0 Å². The van der Waals surface area contributed by atoms with Crippen LogP contribution < -0.4 is 14.8 Å². The third kappa shape index (κ3) is 6.11. The van der Waals surface area contributed by atoms with Gasteiger partial charge >= 0.3 is 0 Å². The van der Waals surface area contributed by atoms with Crippen molar-refractivity contribution in [2.45, 2.75) is 39.7 Å². The number of hydrogen-bond acceptors (Lipinski definition) is 3. The van der Waals surface area contributed by atoms with Crippen molar-refractivity contribution in [3.05, 3.63) is 89.5 Å². The van der Waals surface area contributed by atoms with Crippen molar-refractivity contribution >= 4 is 11.6 Å². The number of carbonyl (C=O) groups excluding carboxylic acids is 1. The van der Waals surface area contributed by atoms with E-state index in [-0.39, 0.29) is 5.91 Å². The maximum Gasteiger partial charge on any atom is 0.255 e. The lowest BCUT2D eigenvalue weighted by Gasteiger charge is -2.13. The molecule has 0 radical (unpaired) electrons. The Balaban J connectivity index is 1.70. The topological polar surface area (TPSA) is 47.6 Å². The van der Waals surface area contributed by atoms with Crippen LogP contribution in [-0.4, -0.2) is 12.5 Å². The number of carbonyl (C=O) groups is 1. The fourth-order valence-electron chi connectivity index (χ4n) is 3.15. The van der Waals surface area contributed by atoms with Crippen molar-refractivity contribution in [1.82, 2.24) is 0 Å². The number of para-hydroxylation sites is 1. The molecule has 3 aromatic rings. The number of unbranched alkanes of at least 4 members (excludes halogenated alkanes) is 1. The molecule has 1 amide bonds. The van der Waals surface area contributed by atoms with Crippen molar-refractivity contribution in [2.75, 3.05) is 11.9 Å². The molecule has 0 saturated heterocycles. The number of rotatable bonds is 10. The summed E-state index contributed by atoms with van der Waals surface area (Å²) in [4.78, 5) is 12.8. The molecule has 0 aliphatic heterocycles. The van der Waals surface area contributed by atoms with Crippen LogP contribution in [-0.2, 0) is 13.0 Å². The van der Waals surface area contributed by atoms with Crippen LogP contribution in [0.25, 0.3) is 0 Å². The predicted molar refractivity (Wildman–Crippen MR) is 121 cm³/mol. The Kier molecular flexibility index (Phi) is 7.90. The molecular weight excluding hydrogens is 374 g/mol. The van der Waals surface area contributed by atoms with E-state index in [1.165, 1.54) is 18.4 Å². The first kappa shape index (κ1) is 21.4. The van der Waals surface area contributed by atoms with Crippen LogP contribution in [0.4, 0.5) is 5.69 Å². The second-order valence-electron chi connectivity index (χ2n) is 7.11. The Morgan fingerprint density at radius 2 is 1.67 bits per heavy atom. The number of ether oxygens (including phenoxy) is 2. The molecular formula is C26H29NO3.